The van der Waals surface area contributed by atoms with Crippen molar-refractivity contribution in [1.82, 2.24) is 5.32 Å². The number of amides is 1. The van der Waals surface area contributed by atoms with E-state index in [0.717, 1.165) is 32.1 Å². The van der Waals surface area contributed by atoms with Gasteiger partial charge in [-0.05, 0) is 13.3 Å². The molecule has 2 heterocycles. The third-order valence-electron chi connectivity index (χ3n) is 7.79. The molecule has 0 aromatic carbocycles. The van der Waals surface area contributed by atoms with Crippen molar-refractivity contribution in [2.75, 3.05) is 39.6 Å². The molecule has 2 fully saturated rings. The van der Waals surface area contributed by atoms with Gasteiger partial charge in [-0.15, -0.1) is 0 Å². The van der Waals surface area contributed by atoms with Gasteiger partial charge in [0.1, 0.15) is 42.7 Å². The zero-order valence-electron chi connectivity index (χ0n) is 26.9. The van der Waals surface area contributed by atoms with E-state index in [9.17, 15) is 48.4 Å². The number of unbranched alkanes of at least 4 members (excludes halogenated alkanes) is 5. The molecule has 0 aromatic rings. The molecule has 0 saturated carbocycles. The van der Waals surface area contributed by atoms with E-state index in [4.69, 9.17) is 23.7 Å². The number of carbonyl (C=O) groups excluding carboxylic acids is 1. The Morgan fingerprint density at radius 3 is 2.13 bits per heavy atom. The SMILES string of the molecule is CCCCCCCCOC1OC(COCC(CO)(CO)COS(=O)(=O)[O-])C(O)C(OC2OC(C)C(O)C(O)C2O)C1NC(C)=O.[Na+]. The minimum absolute atomic E-state index is 0. The molecule has 0 spiro atoms. The van der Waals surface area contributed by atoms with Crippen LogP contribution in [0.5, 0.6) is 0 Å². The van der Waals surface area contributed by atoms with Gasteiger partial charge in [-0.1, -0.05) is 39.0 Å². The van der Waals surface area contributed by atoms with Gasteiger partial charge in [0, 0.05) is 13.5 Å². The second-order valence-electron chi connectivity index (χ2n) is 11.7. The summed E-state index contributed by atoms with van der Waals surface area (Å²) in [7, 11) is -5.14. The van der Waals surface area contributed by atoms with Crippen molar-refractivity contribution < 1.29 is 106 Å². The number of aliphatic hydroxyl groups is 6. The number of carbonyl (C=O) groups is 1. The molecule has 0 radical (unpaired) electrons. The van der Waals surface area contributed by atoms with E-state index in [1.165, 1.54) is 13.8 Å². The fourth-order valence-electron chi connectivity index (χ4n) is 4.97. The van der Waals surface area contributed by atoms with Crippen LogP contribution in [0.1, 0.15) is 59.3 Å². The number of hydrogen-bond acceptors (Lipinski definition) is 16. The molecule has 2 saturated heterocycles. The predicted octanol–water partition coefficient (Wildman–Crippen LogP) is -5.36. The normalized spacial score (nSPS) is 32.1. The van der Waals surface area contributed by atoms with Crippen molar-refractivity contribution in [3.8, 4) is 0 Å². The van der Waals surface area contributed by atoms with Crippen molar-refractivity contribution >= 4 is 16.3 Å². The van der Waals surface area contributed by atoms with E-state index in [-0.39, 0.29) is 36.2 Å². The second-order valence-corrected chi connectivity index (χ2v) is 12.7. The van der Waals surface area contributed by atoms with E-state index < -0.39 is 116 Å². The first-order chi connectivity index (χ1) is 21.2. The van der Waals surface area contributed by atoms with Crippen LogP contribution in [0.4, 0.5) is 0 Å². The summed E-state index contributed by atoms with van der Waals surface area (Å²) in [5.41, 5.74) is -1.70. The smallest absolute Gasteiger partial charge is 0.726 e. The summed E-state index contributed by atoms with van der Waals surface area (Å²) in [4.78, 5) is 12.2. The van der Waals surface area contributed by atoms with Crippen molar-refractivity contribution in [2.45, 2.75) is 121 Å². The average molecular weight is 700 g/mol. The summed E-state index contributed by atoms with van der Waals surface area (Å²) in [6, 6.07) is -1.14. The van der Waals surface area contributed by atoms with Crippen LogP contribution >= 0.6 is 0 Å². The first-order valence-electron chi connectivity index (χ1n) is 15.2. The van der Waals surface area contributed by atoms with Crippen LogP contribution < -0.4 is 34.9 Å². The monoisotopic (exact) mass is 699 g/mol. The fraction of sp³-hybridized carbons (Fsp3) is 0.963. The Morgan fingerprint density at radius 1 is 0.913 bits per heavy atom. The zero-order chi connectivity index (χ0) is 33.8. The van der Waals surface area contributed by atoms with Gasteiger partial charge in [-0.3, -0.25) is 8.98 Å². The van der Waals surface area contributed by atoms with Gasteiger partial charge in [-0.2, -0.15) is 0 Å². The second kappa shape index (κ2) is 21.2. The molecule has 17 nitrogen and oxygen atoms in total. The predicted molar refractivity (Wildman–Crippen MR) is 152 cm³/mol. The first kappa shape index (κ1) is 43.9. The quantitative estimate of drug-likeness (QED) is 0.0271. The summed E-state index contributed by atoms with van der Waals surface area (Å²) in [6.45, 7) is 1.49. The number of nitrogens with one attached hydrogen (secondary N) is 1. The van der Waals surface area contributed by atoms with E-state index in [0.29, 0.717) is 6.42 Å². The number of aliphatic hydroxyl groups excluding tert-OH is 6. The largest absolute Gasteiger partial charge is 1.00 e. The Kier molecular flexibility index (Phi) is 20.2. The number of rotatable bonds is 20. The summed E-state index contributed by atoms with van der Waals surface area (Å²) in [5.74, 6) is -0.523. The van der Waals surface area contributed by atoms with Crippen LogP contribution in [0, 0.1) is 5.41 Å². The van der Waals surface area contributed by atoms with Crippen LogP contribution in [0.15, 0.2) is 0 Å². The van der Waals surface area contributed by atoms with Crippen molar-refractivity contribution in [3.63, 3.8) is 0 Å². The molecule has 0 bridgehead atoms. The van der Waals surface area contributed by atoms with Gasteiger partial charge in [0.05, 0.1) is 44.6 Å². The van der Waals surface area contributed by atoms with E-state index in [2.05, 4.69) is 16.4 Å². The molecule has 1 amide bonds. The number of ether oxygens (including phenoxy) is 5. The Bertz CT molecular complexity index is 975. The van der Waals surface area contributed by atoms with Gasteiger partial charge in [0.15, 0.2) is 12.6 Å². The standard InChI is InChI=1S/C27H51NO16S.Na/c1-4-5-6-7-8-9-10-40-25-19(28-17(3)31)24(44-26-23(35)22(34)20(32)16(2)42-26)21(33)18(43-25)11-39-14-27(12-29,13-30)15-41-45(36,37)38;/h16,18-26,29-30,32-35H,4-15H2,1-3H3,(H,28,31)(H,36,37,38);/q;+1/p-1. The molecule has 46 heavy (non-hydrogen) atoms. The average Bonchev–Trinajstić information content (AvgIpc) is 2.98. The Balaban J connectivity index is 0.0000106. The van der Waals surface area contributed by atoms with Crippen LogP contribution in [0.3, 0.4) is 0 Å². The van der Waals surface area contributed by atoms with E-state index in [1.807, 2.05) is 0 Å². The third-order valence-corrected chi connectivity index (χ3v) is 8.20. The molecule has 10 atom stereocenters. The summed E-state index contributed by atoms with van der Waals surface area (Å²) in [5, 5.41) is 64.4. The van der Waals surface area contributed by atoms with Gasteiger partial charge in [-0.25, -0.2) is 8.42 Å². The van der Waals surface area contributed by atoms with Gasteiger partial charge < -0.3 is 64.2 Å². The Morgan fingerprint density at radius 2 is 1.54 bits per heavy atom. The van der Waals surface area contributed by atoms with Crippen molar-refractivity contribution in [3.05, 3.63) is 0 Å². The summed E-state index contributed by atoms with van der Waals surface area (Å²) < 4.78 is 66.0. The van der Waals surface area contributed by atoms with Crippen molar-refractivity contribution in [1.29, 1.82) is 0 Å². The third kappa shape index (κ3) is 13.7. The van der Waals surface area contributed by atoms with Crippen LogP contribution in [-0.2, 0) is 43.1 Å². The van der Waals surface area contributed by atoms with E-state index >= 15 is 0 Å². The molecule has 0 aliphatic carbocycles. The molecule has 2 rings (SSSR count). The van der Waals surface area contributed by atoms with E-state index in [1.54, 1.807) is 0 Å². The van der Waals surface area contributed by atoms with Crippen molar-refractivity contribution in [2.24, 2.45) is 5.41 Å². The molecule has 0 aromatic heterocycles. The van der Waals surface area contributed by atoms with Gasteiger partial charge in [0.2, 0.25) is 16.3 Å². The Labute approximate surface area is 292 Å². The molecule has 7 N–H and O–H groups in total. The van der Waals surface area contributed by atoms with Gasteiger partial charge in [0.25, 0.3) is 0 Å². The minimum Gasteiger partial charge on any atom is -0.726 e. The molecule has 10 unspecified atom stereocenters. The maximum atomic E-state index is 12.2. The summed E-state index contributed by atoms with van der Waals surface area (Å²) >= 11 is 0. The molecule has 2 aliphatic heterocycles. The molecular weight excluding hydrogens is 649 g/mol. The Hall–Kier alpha value is -0.100. The zero-order valence-corrected chi connectivity index (χ0v) is 29.7. The molecule has 266 valence electrons. The summed E-state index contributed by atoms with van der Waals surface area (Å²) in [6.07, 6.45) is -6.92. The molecule has 19 heteroatoms. The molecule has 2 aliphatic rings. The number of hydrogen-bond donors (Lipinski definition) is 7. The molecular formula is C27H50NNaO16S. The maximum Gasteiger partial charge on any atom is 1.00 e. The fourth-order valence-corrected chi connectivity index (χ4v) is 5.37. The van der Waals surface area contributed by atoms with Crippen LogP contribution in [-0.4, -0.2) is 151 Å². The van der Waals surface area contributed by atoms with Gasteiger partial charge >= 0.3 is 29.6 Å². The van der Waals surface area contributed by atoms with Crippen LogP contribution in [0.2, 0.25) is 0 Å². The maximum absolute atomic E-state index is 12.2. The topological polar surface area (TPSA) is 263 Å². The minimum atomic E-state index is -5.14. The first-order valence-corrected chi connectivity index (χ1v) is 16.5. The van der Waals surface area contributed by atoms with Crippen LogP contribution in [0.25, 0.3) is 0 Å².